The predicted octanol–water partition coefficient (Wildman–Crippen LogP) is -0.972. The average molecular weight is 779 g/mol. The number of methoxy groups -OCH3 is 1. The summed E-state index contributed by atoms with van der Waals surface area (Å²) in [6, 6.07) is -1.36. The lowest BCUT2D eigenvalue weighted by Crippen LogP contribution is -2.46. The Morgan fingerprint density at radius 3 is 1.19 bits per heavy atom. The van der Waals surface area contributed by atoms with E-state index in [1.165, 1.54) is 4.68 Å². The van der Waals surface area contributed by atoms with E-state index >= 15 is 0 Å². The van der Waals surface area contributed by atoms with E-state index in [4.69, 9.17) is 56.8 Å². The molecule has 0 spiro atoms. The highest BCUT2D eigenvalue weighted by Crippen LogP contribution is 2.13. The molecule has 1 atom stereocenters. The first kappa shape index (κ1) is 47.2. The quantitative estimate of drug-likeness (QED) is 0.0626. The number of ether oxygens (including phenoxy) is 12. The van der Waals surface area contributed by atoms with Crippen LogP contribution < -0.4 is 0 Å². The third-order valence-electron chi connectivity index (χ3n) is 7.05. The van der Waals surface area contributed by atoms with Gasteiger partial charge in [0.25, 0.3) is 11.8 Å². The molecule has 0 aliphatic carbocycles. The van der Waals surface area contributed by atoms with Crippen molar-refractivity contribution in [2.45, 2.75) is 19.0 Å². The van der Waals surface area contributed by atoms with E-state index in [9.17, 15) is 19.5 Å². The van der Waals surface area contributed by atoms with Crippen molar-refractivity contribution < 1.29 is 76.3 Å². The summed E-state index contributed by atoms with van der Waals surface area (Å²) < 4.78 is 66.4. The maximum atomic E-state index is 11.8. The number of carboxylic acid groups (broad SMARTS) is 1. The number of carboxylic acids is 1. The molecule has 2 rings (SSSR count). The second-order valence-electron chi connectivity index (χ2n) is 11.1. The molecule has 2 heterocycles. The van der Waals surface area contributed by atoms with Crippen LogP contribution in [0.25, 0.3) is 0 Å². The molecule has 1 aliphatic rings. The van der Waals surface area contributed by atoms with Gasteiger partial charge in [-0.1, -0.05) is 5.21 Å². The Morgan fingerprint density at radius 2 is 0.870 bits per heavy atom. The molecule has 20 heteroatoms. The van der Waals surface area contributed by atoms with Crippen molar-refractivity contribution in [3.05, 3.63) is 24.0 Å². The molecule has 1 aromatic heterocycles. The third kappa shape index (κ3) is 24.4. The Kier molecular flexibility index (Phi) is 29.1. The van der Waals surface area contributed by atoms with Gasteiger partial charge in [-0.3, -0.25) is 14.5 Å². The fourth-order valence-corrected chi connectivity index (χ4v) is 4.35. The first-order valence-corrected chi connectivity index (χ1v) is 18.0. The Hall–Kier alpha value is -2.99. The summed E-state index contributed by atoms with van der Waals surface area (Å²) in [6.45, 7) is 11.3. The number of hydrogen-bond donors (Lipinski definition) is 1. The Bertz CT molecular complexity index is 1110. The van der Waals surface area contributed by atoms with E-state index < -0.39 is 23.8 Å². The standard InChI is InChI=1S/C34H58N4O16/c1-43-6-7-45-10-11-47-14-15-49-18-19-51-22-23-53-26-27-54-25-24-52-21-20-50-17-16-48-13-12-46-9-8-44-5-4-37-29-30(35-36-37)28-31(34(41)42)38-32(39)2-3-33(38)40/h2-3,29,31H,4-28H2,1H3,(H,41,42). The summed E-state index contributed by atoms with van der Waals surface area (Å²) in [5, 5.41) is 17.4. The van der Waals surface area contributed by atoms with Gasteiger partial charge in [0, 0.05) is 31.9 Å². The number of aromatic nitrogens is 3. The van der Waals surface area contributed by atoms with Crippen LogP contribution in [-0.4, -0.2) is 208 Å². The average Bonchev–Trinajstić information content (AvgIpc) is 3.76. The Balaban J connectivity index is 1.23. The molecule has 0 aromatic carbocycles. The second-order valence-corrected chi connectivity index (χ2v) is 11.1. The number of rotatable bonds is 40. The number of amides is 2. The molecule has 1 N–H and O–H groups in total. The van der Waals surface area contributed by atoms with Gasteiger partial charge in [-0.15, -0.1) is 5.10 Å². The van der Waals surface area contributed by atoms with Crippen LogP contribution in [0.4, 0.5) is 0 Å². The zero-order valence-electron chi connectivity index (χ0n) is 31.3. The topological polar surface area (TPSA) is 216 Å². The van der Waals surface area contributed by atoms with Gasteiger partial charge in [-0.2, -0.15) is 0 Å². The van der Waals surface area contributed by atoms with Crippen molar-refractivity contribution in [2.24, 2.45) is 0 Å². The Morgan fingerprint density at radius 1 is 0.556 bits per heavy atom. The SMILES string of the molecule is COCCOCCOCCOCCOCCOCCOCCOCCOCCOCCOCCOCCn1cc(CC(C(=O)O)N2C(=O)C=CC2=O)nn1. The lowest BCUT2D eigenvalue weighted by Gasteiger charge is -2.21. The molecule has 20 nitrogen and oxygen atoms in total. The van der Waals surface area contributed by atoms with Crippen molar-refractivity contribution >= 4 is 17.8 Å². The highest BCUT2D eigenvalue weighted by molar-refractivity contribution is 6.14. The molecule has 0 fully saturated rings. The summed E-state index contributed by atoms with van der Waals surface area (Å²) in [6.07, 6.45) is 3.49. The molecule has 0 saturated carbocycles. The molecule has 1 unspecified atom stereocenters. The first-order valence-electron chi connectivity index (χ1n) is 18.0. The molecule has 1 aromatic rings. The normalized spacial score (nSPS) is 13.5. The first-order chi connectivity index (χ1) is 26.5. The minimum Gasteiger partial charge on any atom is -0.480 e. The highest BCUT2D eigenvalue weighted by Gasteiger charge is 2.36. The minimum atomic E-state index is -1.36. The molecule has 2 amide bonds. The summed E-state index contributed by atoms with van der Waals surface area (Å²) in [7, 11) is 1.64. The van der Waals surface area contributed by atoms with Crippen LogP contribution in [0.2, 0.25) is 0 Å². The van der Waals surface area contributed by atoms with E-state index in [1.54, 1.807) is 13.3 Å². The molecule has 54 heavy (non-hydrogen) atoms. The third-order valence-corrected chi connectivity index (χ3v) is 7.05. The number of nitrogens with zero attached hydrogens (tertiary/aromatic N) is 4. The van der Waals surface area contributed by atoms with Gasteiger partial charge in [-0.05, 0) is 0 Å². The summed E-state index contributed by atoms with van der Waals surface area (Å²) >= 11 is 0. The van der Waals surface area contributed by atoms with Gasteiger partial charge in [0.15, 0.2) is 0 Å². The fourth-order valence-electron chi connectivity index (χ4n) is 4.35. The van der Waals surface area contributed by atoms with Crippen molar-refractivity contribution in [3.8, 4) is 0 Å². The van der Waals surface area contributed by atoms with E-state index in [0.717, 1.165) is 12.2 Å². The van der Waals surface area contributed by atoms with Crippen LogP contribution in [0, 0.1) is 0 Å². The Labute approximate surface area is 316 Å². The zero-order chi connectivity index (χ0) is 38.7. The van der Waals surface area contributed by atoms with Gasteiger partial charge < -0.3 is 61.9 Å². The van der Waals surface area contributed by atoms with Crippen molar-refractivity contribution in [2.75, 3.05) is 159 Å². The number of aliphatic carboxylic acids is 1. The van der Waals surface area contributed by atoms with Crippen LogP contribution in [0.1, 0.15) is 5.69 Å². The molecular weight excluding hydrogens is 720 g/mol. The van der Waals surface area contributed by atoms with E-state index in [1.807, 2.05) is 0 Å². The van der Waals surface area contributed by atoms with Gasteiger partial charge in [0.1, 0.15) is 6.04 Å². The zero-order valence-corrected chi connectivity index (χ0v) is 31.3. The summed E-state index contributed by atoms with van der Waals surface area (Å²) in [5.41, 5.74) is 0.337. The molecule has 310 valence electrons. The lowest BCUT2D eigenvalue weighted by molar-refractivity contribution is -0.153. The summed E-state index contributed by atoms with van der Waals surface area (Å²) in [4.78, 5) is 36.0. The lowest BCUT2D eigenvalue weighted by atomic mass is 10.1. The van der Waals surface area contributed by atoms with E-state index in [2.05, 4.69) is 10.3 Å². The molecular formula is C34H58N4O16. The van der Waals surface area contributed by atoms with Crippen LogP contribution in [0.5, 0.6) is 0 Å². The van der Waals surface area contributed by atoms with E-state index in [0.29, 0.717) is 169 Å². The molecule has 0 radical (unpaired) electrons. The fraction of sp³-hybridized carbons (Fsp3) is 0.794. The monoisotopic (exact) mass is 778 g/mol. The van der Waals surface area contributed by atoms with E-state index in [-0.39, 0.29) is 6.42 Å². The highest BCUT2D eigenvalue weighted by atomic mass is 16.6. The van der Waals surface area contributed by atoms with Crippen LogP contribution in [0.3, 0.4) is 0 Å². The van der Waals surface area contributed by atoms with Crippen molar-refractivity contribution in [3.63, 3.8) is 0 Å². The smallest absolute Gasteiger partial charge is 0.327 e. The van der Waals surface area contributed by atoms with Gasteiger partial charge in [0.2, 0.25) is 0 Å². The number of hydrogen-bond acceptors (Lipinski definition) is 17. The van der Waals surface area contributed by atoms with Crippen molar-refractivity contribution in [1.29, 1.82) is 0 Å². The van der Waals surface area contributed by atoms with Gasteiger partial charge in [-0.25, -0.2) is 9.48 Å². The van der Waals surface area contributed by atoms with Crippen LogP contribution in [0.15, 0.2) is 18.3 Å². The number of imide groups is 1. The maximum Gasteiger partial charge on any atom is 0.327 e. The summed E-state index contributed by atoms with van der Waals surface area (Å²) in [5.74, 6) is -2.64. The molecule has 0 saturated heterocycles. The van der Waals surface area contributed by atoms with Gasteiger partial charge in [0.05, 0.1) is 164 Å². The van der Waals surface area contributed by atoms with Gasteiger partial charge >= 0.3 is 5.97 Å². The second kappa shape index (κ2) is 33.4. The molecule has 1 aliphatic heterocycles. The number of carbonyl (C=O) groups is 3. The minimum absolute atomic E-state index is 0.150. The molecule has 0 bridgehead atoms. The van der Waals surface area contributed by atoms with Crippen LogP contribution >= 0.6 is 0 Å². The van der Waals surface area contributed by atoms with Crippen LogP contribution in [-0.2, 0) is 84.2 Å². The number of carbonyl (C=O) groups excluding carboxylic acids is 2. The largest absolute Gasteiger partial charge is 0.480 e. The van der Waals surface area contributed by atoms with Crippen molar-refractivity contribution in [1.82, 2.24) is 19.9 Å². The predicted molar refractivity (Wildman–Crippen MR) is 187 cm³/mol. The maximum absolute atomic E-state index is 11.8.